The van der Waals surface area contributed by atoms with E-state index in [0.717, 1.165) is 78.1 Å². The van der Waals surface area contributed by atoms with Crippen molar-refractivity contribution in [1.29, 1.82) is 0 Å². The molecule has 4 rings (SSSR count). The fourth-order valence-electron chi connectivity index (χ4n) is 3.96. The lowest BCUT2D eigenvalue weighted by molar-refractivity contribution is 0.0779. The van der Waals surface area contributed by atoms with Crippen LogP contribution in [0.4, 0.5) is 10.5 Å². The Labute approximate surface area is 179 Å². The van der Waals surface area contributed by atoms with E-state index < -0.39 is 28.2 Å². The van der Waals surface area contributed by atoms with E-state index in [1.54, 1.807) is 0 Å². The summed E-state index contributed by atoms with van der Waals surface area (Å²) in [6, 6.07) is -0.806. The smallest absolute Gasteiger partial charge is 0.354 e. The van der Waals surface area contributed by atoms with E-state index in [1.807, 2.05) is 0 Å². The maximum Gasteiger partial charge on any atom is 0.354 e. The van der Waals surface area contributed by atoms with Gasteiger partial charge in [-0.3, -0.25) is 4.98 Å². The summed E-state index contributed by atoms with van der Waals surface area (Å²) in [5.41, 5.74) is 3.56. The molecule has 11 heteroatoms. The molecule has 0 fully saturated rings. The van der Waals surface area contributed by atoms with Gasteiger partial charge in [0.05, 0.1) is 18.0 Å². The molecule has 9 nitrogen and oxygen atoms in total. The van der Waals surface area contributed by atoms with Crippen molar-refractivity contribution in [2.24, 2.45) is 9.50 Å². The average Bonchev–Trinajstić information content (AvgIpc) is 3.38. The molecule has 5 N–H and O–H groups in total. The van der Waals surface area contributed by atoms with E-state index in [2.05, 4.69) is 14.7 Å². The number of amides is 2. The number of rotatable bonds is 4. The highest BCUT2D eigenvalue weighted by molar-refractivity contribution is 7.93. The van der Waals surface area contributed by atoms with Gasteiger partial charge in [0.15, 0.2) is 9.92 Å². The molecule has 2 aliphatic rings. The van der Waals surface area contributed by atoms with E-state index in [9.17, 15) is 19.2 Å². The summed E-state index contributed by atoms with van der Waals surface area (Å²) in [4.78, 5) is 21.6. The number of nitrogens with zero attached hydrogens (tertiary/aromatic N) is 3. The first-order valence-corrected chi connectivity index (χ1v) is 12.2. The quantitative estimate of drug-likeness (QED) is 0.559. The van der Waals surface area contributed by atoms with Gasteiger partial charge in [-0.2, -0.15) is 0 Å². The second-order valence-corrected chi connectivity index (χ2v) is 11.1. The molecule has 2 aliphatic carbocycles. The van der Waals surface area contributed by atoms with Crippen LogP contribution >= 0.6 is 11.3 Å². The highest BCUT2D eigenvalue weighted by Gasteiger charge is 2.29. The molecule has 2 aromatic heterocycles. The van der Waals surface area contributed by atoms with Gasteiger partial charge in [-0.05, 0) is 63.5 Å². The summed E-state index contributed by atoms with van der Waals surface area (Å²) in [6.45, 7) is 2.51. The van der Waals surface area contributed by atoms with E-state index in [4.69, 9.17) is 10.1 Å². The van der Waals surface area contributed by atoms with E-state index in [-0.39, 0.29) is 14.9 Å². The summed E-state index contributed by atoms with van der Waals surface area (Å²) in [7, 11) is -3.66. The van der Waals surface area contributed by atoms with Crippen LogP contribution in [0.5, 0.6) is 0 Å². The van der Waals surface area contributed by atoms with E-state index in [0.29, 0.717) is 0 Å². The molecule has 30 heavy (non-hydrogen) atoms. The number of hydrogen-bond acceptors (Lipinski definition) is 7. The Hall–Kier alpha value is -1.92. The van der Waals surface area contributed by atoms with Gasteiger partial charge in [-0.15, -0.1) is 15.7 Å². The van der Waals surface area contributed by atoms with Crippen molar-refractivity contribution in [3.8, 4) is 0 Å². The third kappa shape index (κ3) is 3.87. The second kappa shape index (κ2) is 7.65. The highest BCUT2D eigenvalue weighted by Crippen LogP contribution is 2.37. The summed E-state index contributed by atoms with van der Waals surface area (Å²) in [5.74, 6) is 0. The molecule has 0 bridgehead atoms. The lowest BCUT2D eigenvalue weighted by Crippen LogP contribution is -2.19. The van der Waals surface area contributed by atoms with Crippen LogP contribution < -0.4 is 10.5 Å². The Morgan fingerprint density at radius 3 is 2.33 bits per heavy atom. The van der Waals surface area contributed by atoms with Crippen molar-refractivity contribution < 1.29 is 19.2 Å². The summed E-state index contributed by atoms with van der Waals surface area (Å²) >= 11 is 0.881. The van der Waals surface area contributed by atoms with Crippen LogP contribution in [-0.4, -0.2) is 30.4 Å². The summed E-state index contributed by atoms with van der Waals surface area (Å²) in [5, 5.41) is 28.7. The Balaban J connectivity index is 1.69. The van der Waals surface area contributed by atoms with Gasteiger partial charge in [0.1, 0.15) is 14.8 Å². The minimum absolute atomic E-state index is 0.0116. The first-order chi connectivity index (χ1) is 14.1. The zero-order valence-electron chi connectivity index (χ0n) is 16.9. The van der Waals surface area contributed by atoms with Crippen LogP contribution in [-0.2, 0) is 47.8 Å². The van der Waals surface area contributed by atoms with Gasteiger partial charge in [0.25, 0.3) is 0 Å². The Morgan fingerprint density at radius 2 is 1.80 bits per heavy atom. The lowest BCUT2D eigenvalue weighted by atomic mass is 10.1. The number of carbonyl (C=O) groups is 1. The number of nitrogens with one attached hydrogen (secondary N) is 1. The number of thiazole rings is 1. The van der Waals surface area contributed by atoms with Gasteiger partial charge in [-0.25, -0.2) is 19.1 Å². The molecular formula is C19H25N5O4S2. The first-order valence-electron chi connectivity index (χ1n) is 9.83. The average molecular weight is 452 g/mol. The maximum absolute atomic E-state index is 13.1. The van der Waals surface area contributed by atoms with Gasteiger partial charge < -0.3 is 15.5 Å². The van der Waals surface area contributed by atoms with Crippen molar-refractivity contribution in [1.82, 2.24) is 9.97 Å². The minimum atomic E-state index is -3.66. The zero-order chi connectivity index (χ0) is 21.7. The fourth-order valence-corrected chi connectivity index (χ4v) is 6.42. The molecule has 0 spiro atoms. The van der Waals surface area contributed by atoms with Crippen LogP contribution in [0, 0.1) is 0 Å². The topological polar surface area (TPSA) is 151 Å². The normalized spacial score (nSPS) is 17.4. The Bertz CT molecular complexity index is 1110. The molecule has 0 saturated carbocycles. The highest BCUT2D eigenvalue weighted by atomic mass is 32.2. The molecule has 2 aromatic rings. The number of pyridine rings is 1. The van der Waals surface area contributed by atoms with Crippen molar-refractivity contribution >= 4 is 33.0 Å². The largest absolute Gasteiger partial charge is 0.390 e. The Kier molecular flexibility index (Phi) is 5.43. The molecule has 0 saturated heterocycles. The van der Waals surface area contributed by atoms with Gasteiger partial charge >= 0.3 is 6.03 Å². The molecule has 0 aromatic carbocycles. The third-order valence-corrected chi connectivity index (χ3v) is 8.68. The molecule has 2 amide bonds. The van der Waals surface area contributed by atoms with E-state index in [1.165, 1.54) is 13.8 Å². The molecule has 0 unspecified atom stereocenters. The fraction of sp³-hybridized carbons (Fsp3) is 0.526. The predicted molar refractivity (Wildman–Crippen MR) is 114 cm³/mol. The summed E-state index contributed by atoms with van der Waals surface area (Å²) < 4.78 is 16.8. The predicted octanol–water partition coefficient (Wildman–Crippen LogP) is 2.17. The van der Waals surface area contributed by atoms with Crippen molar-refractivity contribution in [2.45, 2.75) is 68.8 Å². The number of aryl methyl sites for hydroxylation is 2. The SMILES string of the molecule is CC(C)(O)c1nc(CO)c([S@@](N)(=O)=NC(=O)Nc2c3c(nc4c2CCC4)CCC3)s1. The monoisotopic (exact) mass is 451 g/mol. The molecule has 0 radical (unpaired) electrons. The number of urea groups is 1. The van der Waals surface area contributed by atoms with Gasteiger partial charge in [0.2, 0.25) is 0 Å². The van der Waals surface area contributed by atoms with Crippen LogP contribution in [0.15, 0.2) is 8.57 Å². The number of aromatic nitrogens is 2. The van der Waals surface area contributed by atoms with Crippen LogP contribution in [0.2, 0.25) is 0 Å². The molecule has 2 heterocycles. The molecule has 0 aliphatic heterocycles. The zero-order valence-corrected chi connectivity index (χ0v) is 18.5. The van der Waals surface area contributed by atoms with Crippen LogP contribution in [0.25, 0.3) is 0 Å². The maximum atomic E-state index is 13.1. The number of nitrogens with two attached hydrogens (primary N) is 1. The van der Waals surface area contributed by atoms with Crippen molar-refractivity contribution in [3.63, 3.8) is 0 Å². The van der Waals surface area contributed by atoms with Crippen molar-refractivity contribution in [2.75, 3.05) is 5.32 Å². The summed E-state index contributed by atoms with van der Waals surface area (Å²) in [6.07, 6.45) is 5.41. The minimum Gasteiger partial charge on any atom is -0.390 e. The number of hydrogen-bond donors (Lipinski definition) is 4. The standard InChI is InChI=1S/C19H25N5O4S2/c1-19(2,27)17-22-14(9-25)16(29-17)30(20,28)24-18(26)23-15-10-5-3-7-12(10)21-13-8-4-6-11(13)15/h25,27H,3-9H2,1-2H3,(H3,20,21,23,24,26,28)/t30-/m0/s1. The molecular weight excluding hydrogens is 426 g/mol. The van der Waals surface area contributed by atoms with Crippen molar-refractivity contribution in [3.05, 3.63) is 33.2 Å². The number of anilines is 1. The molecule has 162 valence electrons. The van der Waals surface area contributed by atoms with Crippen LogP contribution in [0.3, 0.4) is 0 Å². The number of aliphatic hydroxyl groups is 2. The van der Waals surface area contributed by atoms with Gasteiger partial charge in [0, 0.05) is 11.4 Å². The Morgan fingerprint density at radius 1 is 1.20 bits per heavy atom. The second-order valence-electron chi connectivity index (χ2n) is 8.10. The number of fused-ring (bicyclic) bond motifs is 2. The van der Waals surface area contributed by atoms with E-state index >= 15 is 0 Å². The third-order valence-electron chi connectivity index (χ3n) is 5.30. The van der Waals surface area contributed by atoms with Gasteiger partial charge in [-0.1, -0.05) is 0 Å². The molecule has 1 atom stereocenters. The number of carbonyl (C=O) groups excluding carboxylic acids is 1. The van der Waals surface area contributed by atoms with Crippen LogP contribution in [0.1, 0.15) is 59.9 Å². The number of aliphatic hydroxyl groups excluding tert-OH is 1. The first kappa shape index (κ1) is 21.3. The lowest BCUT2D eigenvalue weighted by Gasteiger charge is -2.14.